The Morgan fingerprint density at radius 3 is 1.73 bits per heavy atom. The number of carbonyl (C=O) groups is 10. The van der Waals surface area contributed by atoms with Crippen molar-refractivity contribution < 1.29 is 53.1 Å². The van der Waals surface area contributed by atoms with Crippen molar-refractivity contribution in [1.29, 1.82) is 0 Å². The van der Waals surface area contributed by atoms with Crippen LogP contribution in [0.15, 0.2) is 42.5 Å². The van der Waals surface area contributed by atoms with Gasteiger partial charge in [-0.15, -0.1) is 0 Å². The Kier molecular flexibility index (Phi) is 20.0. The molecule has 0 spiro atoms. The van der Waals surface area contributed by atoms with Gasteiger partial charge in [-0.2, -0.15) is 0 Å². The number of amides is 9. The van der Waals surface area contributed by atoms with E-state index < -0.39 is 114 Å². The first-order valence-electron chi connectivity index (χ1n) is 17.8. The third-order valence-electron chi connectivity index (χ3n) is 8.33. The number of nitrogens with two attached hydrogens (primary N) is 2. The number of benzene rings is 1. The van der Waals surface area contributed by atoms with Crippen LogP contribution < -0.4 is 48.7 Å². The van der Waals surface area contributed by atoms with Crippen LogP contribution in [0, 0.1) is 11.8 Å². The van der Waals surface area contributed by atoms with Crippen molar-refractivity contribution >= 4 is 59.1 Å². The molecule has 0 aliphatic rings. The van der Waals surface area contributed by atoms with E-state index in [1.54, 1.807) is 58.0 Å². The average Bonchev–Trinajstić information content (AvgIpc) is 3.12. The SMILES string of the molecule is CC[C@H](C)[C@H](NC(=O)[C@H](CC(N)=O)NC(=O)/C=C/C(=O)N[C@@H](C)C(=O)NCC(=O)N[C@@H](Cc1ccccc1)C(=O)O)C(=O)N[C@@H](C)C(=O)N[C@H](C(N)=O)C(C)C. The maximum absolute atomic E-state index is 13.3. The van der Waals surface area contributed by atoms with Gasteiger partial charge in [0.1, 0.15) is 36.3 Å². The molecule has 1 rings (SSSR count). The van der Waals surface area contributed by atoms with Gasteiger partial charge in [-0.25, -0.2) is 4.79 Å². The van der Waals surface area contributed by atoms with Gasteiger partial charge < -0.3 is 53.8 Å². The standard InChI is InChI=1S/C36H53N9O11/c1-7-19(4)30(35(54)41-21(6)33(52)44-29(18(2)3)31(38)50)45-34(53)23(16-25(37)46)42-27(48)14-13-26(47)40-20(5)32(51)39-17-28(49)43-24(36(55)56)15-22-11-9-8-10-12-22/h8-14,18-21,23-24,29-30H,7,15-17H2,1-6H3,(H2,37,46)(H2,38,50)(H,39,51)(H,40,47)(H,41,54)(H,42,48)(H,43,49)(H,44,52)(H,45,53)(H,55,56)/b14-13+/t19-,20-,21-,23-,24-,29-,30-/m0/s1. The minimum absolute atomic E-state index is 0.00734. The molecule has 1 aromatic rings. The third-order valence-corrected chi connectivity index (χ3v) is 8.33. The molecule has 308 valence electrons. The van der Waals surface area contributed by atoms with E-state index in [-0.39, 0.29) is 12.3 Å². The highest BCUT2D eigenvalue weighted by Crippen LogP contribution is 2.10. The first-order chi connectivity index (χ1) is 26.2. The molecule has 0 aliphatic heterocycles. The second kappa shape index (κ2) is 23.4. The van der Waals surface area contributed by atoms with Crippen molar-refractivity contribution in [3.63, 3.8) is 0 Å². The number of hydrogen-bond donors (Lipinski definition) is 10. The number of primary amides is 2. The highest BCUT2D eigenvalue weighted by molar-refractivity contribution is 6.01. The molecule has 0 radical (unpaired) electrons. The fourth-order valence-electron chi connectivity index (χ4n) is 4.89. The molecule has 12 N–H and O–H groups in total. The lowest BCUT2D eigenvalue weighted by Gasteiger charge is -2.28. The van der Waals surface area contributed by atoms with Gasteiger partial charge in [0.25, 0.3) is 0 Å². The molecule has 20 heteroatoms. The number of rotatable bonds is 23. The van der Waals surface area contributed by atoms with Crippen LogP contribution in [0.2, 0.25) is 0 Å². The van der Waals surface area contributed by atoms with Gasteiger partial charge in [0.15, 0.2) is 0 Å². The summed E-state index contributed by atoms with van der Waals surface area (Å²) in [6.45, 7) is 8.76. The summed E-state index contributed by atoms with van der Waals surface area (Å²) in [6, 6.07) is 1.11. The lowest BCUT2D eigenvalue weighted by molar-refractivity contribution is -0.141. The van der Waals surface area contributed by atoms with E-state index in [9.17, 15) is 53.1 Å². The number of carboxylic acid groups (broad SMARTS) is 1. The Labute approximate surface area is 324 Å². The Hall–Kier alpha value is -6.34. The van der Waals surface area contributed by atoms with E-state index in [2.05, 4.69) is 37.2 Å². The molecule has 0 bridgehead atoms. The second-order valence-electron chi connectivity index (χ2n) is 13.4. The fraction of sp³-hybridized carbons (Fsp3) is 0.500. The first kappa shape index (κ1) is 47.7. The van der Waals surface area contributed by atoms with Crippen LogP contribution in [-0.2, 0) is 54.4 Å². The fourth-order valence-corrected chi connectivity index (χ4v) is 4.89. The minimum Gasteiger partial charge on any atom is -0.480 e. The quantitative estimate of drug-likeness (QED) is 0.0498. The summed E-state index contributed by atoms with van der Waals surface area (Å²) in [7, 11) is 0. The van der Waals surface area contributed by atoms with Crippen LogP contribution in [0.1, 0.15) is 59.9 Å². The zero-order chi connectivity index (χ0) is 42.7. The molecule has 0 heterocycles. The van der Waals surface area contributed by atoms with Crippen molar-refractivity contribution in [3.05, 3.63) is 48.0 Å². The van der Waals surface area contributed by atoms with E-state index in [1.165, 1.54) is 13.8 Å². The molecule has 20 nitrogen and oxygen atoms in total. The van der Waals surface area contributed by atoms with Crippen LogP contribution >= 0.6 is 0 Å². The number of aliphatic carboxylic acids is 1. The Morgan fingerprint density at radius 1 is 0.661 bits per heavy atom. The van der Waals surface area contributed by atoms with Gasteiger partial charge in [0, 0.05) is 18.6 Å². The summed E-state index contributed by atoms with van der Waals surface area (Å²) in [6.07, 6.45) is 1.13. The molecule has 0 saturated heterocycles. The molecule has 0 aliphatic carbocycles. The van der Waals surface area contributed by atoms with Crippen LogP contribution in [0.4, 0.5) is 0 Å². The predicted molar refractivity (Wildman–Crippen MR) is 200 cm³/mol. The average molecular weight is 788 g/mol. The highest BCUT2D eigenvalue weighted by atomic mass is 16.4. The molecule has 1 aromatic carbocycles. The highest BCUT2D eigenvalue weighted by Gasteiger charge is 2.33. The molecular formula is C36H53N9O11. The molecule has 7 atom stereocenters. The summed E-state index contributed by atoms with van der Waals surface area (Å²) < 4.78 is 0. The first-order valence-corrected chi connectivity index (χ1v) is 17.8. The molecule has 0 fully saturated rings. The van der Waals surface area contributed by atoms with Gasteiger partial charge in [0.05, 0.1) is 13.0 Å². The van der Waals surface area contributed by atoms with E-state index in [0.717, 1.165) is 6.08 Å². The minimum atomic E-state index is -1.60. The molecule has 0 unspecified atom stereocenters. The van der Waals surface area contributed by atoms with Crippen molar-refractivity contribution in [2.24, 2.45) is 23.3 Å². The topological polar surface area (TPSA) is 327 Å². The summed E-state index contributed by atoms with van der Waals surface area (Å²) in [5.41, 5.74) is 11.3. The lowest BCUT2D eigenvalue weighted by atomic mass is 9.97. The molecular weight excluding hydrogens is 734 g/mol. The van der Waals surface area contributed by atoms with Crippen molar-refractivity contribution in [1.82, 2.24) is 37.2 Å². The van der Waals surface area contributed by atoms with Crippen LogP contribution in [0.25, 0.3) is 0 Å². The number of carboxylic acids is 1. The van der Waals surface area contributed by atoms with Gasteiger partial charge in [-0.05, 0) is 31.2 Å². The second-order valence-corrected chi connectivity index (χ2v) is 13.4. The molecule has 56 heavy (non-hydrogen) atoms. The molecule has 9 amide bonds. The number of nitrogens with one attached hydrogen (secondary N) is 7. The zero-order valence-corrected chi connectivity index (χ0v) is 32.2. The Morgan fingerprint density at radius 2 is 1.21 bits per heavy atom. The Bertz CT molecular complexity index is 1630. The summed E-state index contributed by atoms with van der Waals surface area (Å²) in [5.74, 6) is -9.88. The number of hydrogen-bond acceptors (Lipinski definition) is 10. The summed E-state index contributed by atoms with van der Waals surface area (Å²) in [4.78, 5) is 124. The normalized spacial score (nSPS) is 14.7. The zero-order valence-electron chi connectivity index (χ0n) is 32.2. The van der Waals surface area contributed by atoms with E-state index >= 15 is 0 Å². The van der Waals surface area contributed by atoms with Gasteiger partial charge in [0.2, 0.25) is 53.2 Å². The summed E-state index contributed by atoms with van der Waals surface area (Å²) >= 11 is 0. The Balaban J connectivity index is 2.82. The maximum Gasteiger partial charge on any atom is 0.326 e. The maximum atomic E-state index is 13.3. The van der Waals surface area contributed by atoms with Gasteiger partial charge >= 0.3 is 5.97 Å². The van der Waals surface area contributed by atoms with Crippen molar-refractivity contribution in [2.45, 2.75) is 97.1 Å². The van der Waals surface area contributed by atoms with Gasteiger partial charge in [-0.3, -0.25) is 43.2 Å². The predicted octanol–water partition coefficient (Wildman–Crippen LogP) is -3.00. The van der Waals surface area contributed by atoms with E-state index in [1.807, 2.05) is 0 Å². The van der Waals surface area contributed by atoms with E-state index in [4.69, 9.17) is 11.5 Å². The summed E-state index contributed by atoms with van der Waals surface area (Å²) in [5, 5.41) is 25.9. The largest absolute Gasteiger partial charge is 0.480 e. The van der Waals surface area contributed by atoms with Crippen molar-refractivity contribution in [3.8, 4) is 0 Å². The van der Waals surface area contributed by atoms with Crippen molar-refractivity contribution in [2.75, 3.05) is 6.54 Å². The van der Waals surface area contributed by atoms with Gasteiger partial charge in [-0.1, -0.05) is 64.4 Å². The molecule has 0 saturated carbocycles. The number of carbonyl (C=O) groups excluding carboxylic acids is 9. The van der Waals surface area contributed by atoms with E-state index in [0.29, 0.717) is 18.1 Å². The lowest BCUT2D eigenvalue weighted by Crippen LogP contribution is -2.59. The monoisotopic (exact) mass is 787 g/mol. The molecule has 0 aromatic heterocycles. The van der Waals surface area contributed by atoms with Crippen LogP contribution in [0.5, 0.6) is 0 Å². The van der Waals surface area contributed by atoms with Crippen LogP contribution in [0.3, 0.4) is 0 Å². The third kappa shape index (κ3) is 17.2. The van der Waals surface area contributed by atoms with Crippen LogP contribution in [-0.4, -0.2) is 107 Å². The smallest absolute Gasteiger partial charge is 0.326 e.